The van der Waals surface area contributed by atoms with Crippen LogP contribution >= 0.6 is 0 Å². The molecule has 0 aromatic heterocycles. The molecule has 3 atom stereocenters. The Hall–Kier alpha value is -7.76. The Morgan fingerprint density at radius 2 is 0.867 bits per heavy atom. The lowest BCUT2D eigenvalue weighted by molar-refractivity contribution is 0.664. The lowest BCUT2D eigenvalue weighted by Crippen LogP contribution is -2.27. The van der Waals surface area contributed by atoms with Crippen molar-refractivity contribution in [3.05, 3.63) is 275 Å². The molecule has 0 saturated heterocycles. The molecule has 10 rings (SSSR count). The van der Waals surface area contributed by atoms with Gasteiger partial charge in [0, 0.05) is 28.2 Å². The molecule has 0 spiro atoms. The first-order valence-corrected chi connectivity index (χ1v) is 20.5. The summed E-state index contributed by atoms with van der Waals surface area (Å²) in [5.41, 5.74) is 15.0. The van der Waals surface area contributed by atoms with Crippen LogP contribution in [0.15, 0.2) is 234 Å². The smallest absolute Gasteiger partial charge is 0.145 e. The fraction of sp³-hybridized carbons (Fsp3) is 0.0545. The molecule has 0 bridgehead atoms. The number of amidine groups is 1. The number of hydrogen-bond donors (Lipinski definition) is 3. The van der Waals surface area contributed by atoms with Crippen molar-refractivity contribution in [3.63, 3.8) is 0 Å². The average molecular weight is 774 g/mol. The molecule has 3 unspecified atom stereocenters. The van der Waals surface area contributed by atoms with Gasteiger partial charge in [-0.3, -0.25) is 9.98 Å². The summed E-state index contributed by atoms with van der Waals surface area (Å²) in [6, 6.07) is 69.7. The highest BCUT2D eigenvalue weighted by molar-refractivity contribution is 6.13. The van der Waals surface area contributed by atoms with E-state index in [-0.39, 0.29) is 18.2 Å². The first-order valence-electron chi connectivity index (χ1n) is 20.5. The molecular formula is C55H43N5. The zero-order valence-corrected chi connectivity index (χ0v) is 33.0. The van der Waals surface area contributed by atoms with Crippen LogP contribution in [0, 0.1) is 0 Å². The van der Waals surface area contributed by atoms with E-state index in [1.54, 1.807) is 0 Å². The van der Waals surface area contributed by atoms with E-state index in [9.17, 15) is 0 Å². The Balaban J connectivity index is 1.18. The van der Waals surface area contributed by atoms with Crippen LogP contribution in [0.5, 0.6) is 0 Å². The van der Waals surface area contributed by atoms with Crippen LogP contribution in [0.3, 0.4) is 0 Å². The highest BCUT2D eigenvalue weighted by Crippen LogP contribution is 2.37. The van der Waals surface area contributed by atoms with Crippen molar-refractivity contribution in [1.82, 2.24) is 16.0 Å². The second-order valence-corrected chi connectivity index (χ2v) is 15.2. The molecule has 0 saturated carbocycles. The van der Waals surface area contributed by atoms with E-state index >= 15 is 0 Å². The monoisotopic (exact) mass is 773 g/mol. The maximum absolute atomic E-state index is 5.44. The molecule has 3 aliphatic rings. The summed E-state index contributed by atoms with van der Waals surface area (Å²) >= 11 is 0. The summed E-state index contributed by atoms with van der Waals surface area (Å²) in [7, 11) is 0. The third-order valence-corrected chi connectivity index (χ3v) is 11.1. The lowest BCUT2D eigenvalue weighted by atomic mass is 9.89. The highest BCUT2D eigenvalue weighted by atomic mass is 15.1. The SMILES string of the molecule is C1=C(c2cc(C3=NC(c4ccccc4)NC(c4ccccc4)=C3)cc(C3C=C(c4ccccc4)NC(c4ccccc4)=N3)c2)C=C(c2ccccc2)NC1c1ccccc1. The number of allylic oxidation sites excluding steroid dienone is 3. The van der Waals surface area contributed by atoms with E-state index in [4.69, 9.17) is 9.98 Å². The number of dihydropyridines is 1. The van der Waals surface area contributed by atoms with Gasteiger partial charge in [0.15, 0.2) is 0 Å². The molecule has 3 N–H and O–H groups in total. The Labute approximate surface area is 351 Å². The fourth-order valence-electron chi connectivity index (χ4n) is 8.08. The molecule has 60 heavy (non-hydrogen) atoms. The normalized spacial score (nSPS) is 18.5. The van der Waals surface area contributed by atoms with Crippen molar-refractivity contribution in [2.24, 2.45) is 9.98 Å². The van der Waals surface area contributed by atoms with E-state index in [1.807, 2.05) is 12.1 Å². The first-order chi connectivity index (χ1) is 29.7. The van der Waals surface area contributed by atoms with Gasteiger partial charge < -0.3 is 16.0 Å². The van der Waals surface area contributed by atoms with E-state index < -0.39 is 0 Å². The minimum Gasteiger partial charge on any atom is -0.374 e. The largest absolute Gasteiger partial charge is 0.374 e. The molecule has 0 radical (unpaired) electrons. The highest BCUT2D eigenvalue weighted by Gasteiger charge is 2.25. The second kappa shape index (κ2) is 16.6. The maximum Gasteiger partial charge on any atom is 0.145 e. The van der Waals surface area contributed by atoms with Gasteiger partial charge in [-0.2, -0.15) is 0 Å². The first kappa shape index (κ1) is 36.6. The Morgan fingerprint density at radius 1 is 0.367 bits per heavy atom. The number of rotatable bonds is 9. The predicted octanol–water partition coefficient (Wildman–Crippen LogP) is 11.7. The van der Waals surface area contributed by atoms with Crippen molar-refractivity contribution in [1.29, 1.82) is 0 Å². The zero-order valence-electron chi connectivity index (χ0n) is 33.0. The van der Waals surface area contributed by atoms with Gasteiger partial charge in [0.1, 0.15) is 12.0 Å². The molecule has 0 amide bonds. The van der Waals surface area contributed by atoms with E-state index in [1.165, 1.54) is 5.56 Å². The van der Waals surface area contributed by atoms with Crippen LogP contribution in [-0.4, -0.2) is 11.5 Å². The number of benzene rings is 7. The minimum atomic E-state index is -0.287. The van der Waals surface area contributed by atoms with Gasteiger partial charge in [0.2, 0.25) is 0 Å². The summed E-state index contributed by atoms with van der Waals surface area (Å²) < 4.78 is 0. The fourth-order valence-corrected chi connectivity index (χ4v) is 8.08. The van der Waals surface area contributed by atoms with Crippen LogP contribution in [0.4, 0.5) is 0 Å². The van der Waals surface area contributed by atoms with E-state index in [0.717, 1.165) is 78.7 Å². The lowest BCUT2D eigenvalue weighted by Gasteiger charge is -2.28. The zero-order chi connectivity index (χ0) is 40.1. The molecule has 288 valence electrons. The third kappa shape index (κ3) is 7.89. The van der Waals surface area contributed by atoms with Crippen molar-refractivity contribution in [3.8, 4) is 0 Å². The van der Waals surface area contributed by atoms with Crippen LogP contribution in [0.2, 0.25) is 0 Å². The summed E-state index contributed by atoms with van der Waals surface area (Å²) in [5, 5.41) is 11.3. The average Bonchev–Trinajstić information content (AvgIpc) is 3.35. The summed E-state index contributed by atoms with van der Waals surface area (Å²) in [6.45, 7) is 0. The Kier molecular flexibility index (Phi) is 10.1. The van der Waals surface area contributed by atoms with E-state index in [0.29, 0.717) is 0 Å². The van der Waals surface area contributed by atoms with Gasteiger partial charge in [0.25, 0.3) is 0 Å². The third-order valence-electron chi connectivity index (χ3n) is 11.1. The molecule has 5 nitrogen and oxygen atoms in total. The molecule has 0 fully saturated rings. The van der Waals surface area contributed by atoms with Crippen LogP contribution in [0.1, 0.15) is 68.3 Å². The van der Waals surface area contributed by atoms with Gasteiger partial charge in [0.05, 0.1) is 17.8 Å². The standard InChI is InChI=1S/C55H43N5/c1-7-19-38(20-8-1)48-34-45(35-49(56-48)39-21-9-2-10-22-39)44-31-46(52-36-50(40-23-11-3-12-24-40)57-54(59-52)42-27-15-5-16-28-42)33-47(32-44)53-37-51(41-25-13-4-14-26-41)58-55(60-53)43-29-17-6-18-30-43/h1-37,48,52,55-56,58H,(H,57,59). The quantitative estimate of drug-likeness (QED) is 0.137. The van der Waals surface area contributed by atoms with Gasteiger partial charge in [-0.05, 0) is 87.0 Å². The summed E-state index contributed by atoms with van der Waals surface area (Å²) in [4.78, 5) is 10.9. The van der Waals surface area contributed by atoms with Crippen LogP contribution in [0.25, 0.3) is 22.7 Å². The van der Waals surface area contributed by atoms with Gasteiger partial charge in [-0.15, -0.1) is 0 Å². The molecular weight excluding hydrogens is 731 g/mol. The number of hydrogen-bond acceptors (Lipinski definition) is 5. The molecule has 7 aromatic carbocycles. The summed E-state index contributed by atoms with van der Waals surface area (Å²) in [6.07, 6.45) is 8.80. The molecule has 7 aromatic rings. The van der Waals surface area contributed by atoms with Gasteiger partial charge >= 0.3 is 0 Å². The Morgan fingerprint density at radius 3 is 1.47 bits per heavy atom. The van der Waals surface area contributed by atoms with Crippen molar-refractivity contribution in [2.75, 3.05) is 0 Å². The molecule has 3 aliphatic heterocycles. The van der Waals surface area contributed by atoms with E-state index in [2.05, 4.69) is 228 Å². The predicted molar refractivity (Wildman–Crippen MR) is 248 cm³/mol. The minimum absolute atomic E-state index is 0.0389. The number of nitrogens with zero attached hydrogens (tertiary/aromatic N) is 2. The number of nitrogens with one attached hydrogen (secondary N) is 3. The summed E-state index contributed by atoms with van der Waals surface area (Å²) in [5.74, 6) is 0.833. The van der Waals surface area contributed by atoms with Crippen molar-refractivity contribution in [2.45, 2.75) is 18.2 Å². The van der Waals surface area contributed by atoms with Crippen molar-refractivity contribution < 1.29 is 0 Å². The van der Waals surface area contributed by atoms with Crippen LogP contribution < -0.4 is 16.0 Å². The van der Waals surface area contributed by atoms with Gasteiger partial charge in [-0.25, -0.2) is 0 Å². The van der Waals surface area contributed by atoms with Crippen LogP contribution in [-0.2, 0) is 0 Å². The second-order valence-electron chi connectivity index (χ2n) is 15.2. The molecule has 0 aliphatic carbocycles. The maximum atomic E-state index is 5.44. The van der Waals surface area contributed by atoms with Gasteiger partial charge in [-0.1, -0.05) is 182 Å². The van der Waals surface area contributed by atoms with Crippen molar-refractivity contribution >= 4 is 34.2 Å². The molecule has 3 heterocycles. The topological polar surface area (TPSA) is 60.8 Å². The number of aliphatic imine (C=N–C) groups is 2. The Bertz CT molecular complexity index is 2620. The molecule has 5 heteroatoms.